The number of hydrogen-bond acceptors (Lipinski definition) is 2. The lowest BCUT2D eigenvalue weighted by atomic mass is 10.0. The molecule has 3 aliphatic carbocycles. The van der Waals surface area contributed by atoms with E-state index >= 15 is 0 Å². The third-order valence-corrected chi connectivity index (χ3v) is 5.13. The van der Waals surface area contributed by atoms with Crippen molar-refractivity contribution in [3.05, 3.63) is 23.5 Å². The van der Waals surface area contributed by atoms with Crippen LogP contribution < -0.4 is 5.32 Å². The van der Waals surface area contributed by atoms with Crippen LogP contribution in [0.2, 0.25) is 5.02 Å². The van der Waals surface area contributed by atoms with Crippen LogP contribution in [0.25, 0.3) is 0 Å². The molecule has 1 aromatic rings. The highest BCUT2D eigenvalue weighted by molar-refractivity contribution is 6.33. The van der Waals surface area contributed by atoms with Gasteiger partial charge in [0, 0.05) is 18.4 Å². The smallest absolute Gasteiger partial charge is 0.0820 e. The summed E-state index contributed by atoms with van der Waals surface area (Å²) in [7, 11) is 0. The number of fused-ring (bicyclic) bond motifs is 5. The fraction of sp³-hybridized carbons (Fsp3) is 0.615. The average molecular weight is 235 g/mol. The van der Waals surface area contributed by atoms with E-state index in [9.17, 15) is 0 Å². The van der Waals surface area contributed by atoms with Gasteiger partial charge < -0.3 is 5.32 Å². The number of nitrogens with one attached hydrogen (secondary N) is 1. The van der Waals surface area contributed by atoms with Crippen LogP contribution in [0.5, 0.6) is 0 Å². The number of rotatable bonds is 2. The number of anilines is 1. The van der Waals surface area contributed by atoms with Crippen LogP contribution in [0.15, 0.2) is 18.5 Å². The zero-order chi connectivity index (χ0) is 10.7. The summed E-state index contributed by atoms with van der Waals surface area (Å²) in [5.41, 5.74) is 1.07. The van der Waals surface area contributed by atoms with Crippen LogP contribution in [-0.2, 0) is 0 Å². The molecule has 1 heterocycles. The summed E-state index contributed by atoms with van der Waals surface area (Å²) in [4.78, 5) is 4.02. The minimum absolute atomic E-state index is 0.700. The zero-order valence-electron chi connectivity index (χ0n) is 9.07. The largest absolute Gasteiger partial charge is 0.380 e. The third-order valence-electron chi connectivity index (χ3n) is 4.83. The van der Waals surface area contributed by atoms with Gasteiger partial charge in [0.2, 0.25) is 0 Å². The van der Waals surface area contributed by atoms with Crippen molar-refractivity contribution in [2.45, 2.75) is 25.3 Å². The van der Waals surface area contributed by atoms with E-state index in [0.717, 1.165) is 34.4 Å². The molecule has 1 N–H and O–H groups in total. The minimum Gasteiger partial charge on any atom is -0.380 e. The molecule has 0 saturated heterocycles. The molecule has 2 bridgehead atoms. The second-order valence-electron chi connectivity index (χ2n) is 5.51. The summed E-state index contributed by atoms with van der Waals surface area (Å²) in [6.45, 7) is 0. The van der Waals surface area contributed by atoms with Gasteiger partial charge >= 0.3 is 0 Å². The van der Waals surface area contributed by atoms with Crippen LogP contribution in [-0.4, -0.2) is 11.0 Å². The van der Waals surface area contributed by atoms with Crippen molar-refractivity contribution in [3.8, 4) is 0 Å². The Morgan fingerprint density at radius 1 is 1.25 bits per heavy atom. The van der Waals surface area contributed by atoms with Crippen molar-refractivity contribution < 1.29 is 0 Å². The van der Waals surface area contributed by atoms with E-state index in [1.807, 2.05) is 6.07 Å². The van der Waals surface area contributed by atoms with Crippen molar-refractivity contribution in [2.24, 2.45) is 23.7 Å². The Morgan fingerprint density at radius 2 is 2.00 bits per heavy atom. The highest BCUT2D eigenvalue weighted by Gasteiger charge is 2.65. The van der Waals surface area contributed by atoms with Crippen molar-refractivity contribution in [2.75, 3.05) is 5.32 Å². The quantitative estimate of drug-likeness (QED) is 0.850. The minimum atomic E-state index is 0.700. The van der Waals surface area contributed by atoms with Gasteiger partial charge in [0.05, 0.1) is 10.7 Å². The summed E-state index contributed by atoms with van der Waals surface area (Å²) in [5.74, 6) is 3.91. The van der Waals surface area contributed by atoms with Gasteiger partial charge in [0.1, 0.15) is 0 Å². The van der Waals surface area contributed by atoms with Crippen LogP contribution in [0.3, 0.4) is 0 Å². The number of pyridine rings is 1. The Kier molecular flexibility index (Phi) is 1.82. The van der Waals surface area contributed by atoms with Crippen LogP contribution in [0.4, 0.5) is 5.69 Å². The zero-order valence-corrected chi connectivity index (χ0v) is 9.82. The molecule has 16 heavy (non-hydrogen) atoms. The third kappa shape index (κ3) is 1.17. The van der Waals surface area contributed by atoms with Gasteiger partial charge in [0.25, 0.3) is 0 Å². The molecule has 4 rings (SSSR count). The van der Waals surface area contributed by atoms with Gasteiger partial charge in [-0.3, -0.25) is 4.98 Å². The van der Waals surface area contributed by atoms with Crippen LogP contribution in [0, 0.1) is 23.7 Å². The fourth-order valence-electron chi connectivity index (χ4n) is 4.19. The molecule has 1 aromatic heterocycles. The molecule has 4 unspecified atom stereocenters. The van der Waals surface area contributed by atoms with Gasteiger partial charge in [-0.05, 0) is 49.0 Å². The van der Waals surface area contributed by atoms with Gasteiger partial charge in [-0.25, -0.2) is 0 Å². The van der Waals surface area contributed by atoms with E-state index in [4.69, 9.17) is 11.6 Å². The predicted molar refractivity (Wildman–Crippen MR) is 64.5 cm³/mol. The number of nitrogens with zero attached hydrogens (tertiary/aromatic N) is 1. The highest BCUT2D eigenvalue weighted by Crippen LogP contribution is 2.66. The molecular weight excluding hydrogens is 220 g/mol. The van der Waals surface area contributed by atoms with Crippen molar-refractivity contribution in [1.82, 2.24) is 4.98 Å². The molecule has 3 heteroatoms. The molecule has 0 radical (unpaired) electrons. The SMILES string of the molecule is Clc1cnccc1NC1C2C3CCC(C3)C12. The topological polar surface area (TPSA) is 24.9 Å². The lowest BCUT2D eigenvalue weighted by molar-refractivity contribution is 0.456. The molecular formula is C13H15ClN2. The Hall–Kier alpha value is -0.760. The first kappa shape index (κ1) is 9.29. The number of hydrogen-bond donors (Lipinski definition) is 1. The van der Waals surface area contributed by atoms with Gasteiger partial charge in [-0.2, -0.15) is 0 Å². The van der Waals surface area contributed by atoms with E-state index in [2.05, 4.69) is 10.3 Å². The van der Waals surface area contributed by atoms with Crippen LogP contribution >= 0.6 is 11.6 Å². The Balaban J connectivity index is 1.53. The maximum Gasteiger partial charge on any atom is 0.0820 e. The first-order chi connectivity index (χ1) is 7.84. The van der Waals surface area contributed by atoms with Crippen LogP contribution in [0.1, 0.15) is 19.3 Å². The molecule has 0 aromatic carbocycles. The number of aromatic nitrogens is 1. The van der Waals surface area contributed by atoms with Gasteiger partial charge in [-0.1, -0.05) is 11.6 Å². The molecule has 0 spiro atoms. The number of halogens is 1. The molecule has 84 valence electrons. The van der Waals surface area contributed by atoms with E-state index in [1.165, 1.54) is 19.3 Å². The Bertz CT molecular complexity index is 418. The summed E-state index contributed by atoms with van der Waals surface area (Å²) < 4.78 is 0. The van der Waals surface area contributed by atoms with E-state index < -0.39 is 0 Å². The summed E-state index contributed by atoms with van der Waals surface area (Å²) in [6.07, 6.45) is 7.96. The summed E-state index contributed by atoms with van der Waals surface area (Å²) in [5, 5.41) is 4.36. The lowest BCUT2D eigenvalue weighted by Gasteiger charge is -2.12. The second kappa shape index (κ2) is 3.13. The maximum absolute atomic E-state index is 6.12. The van der Waals surface area contributed by atoms with Gasteiger partial charge in [0.15, 0.2) is 0 Å². The van der Waals surface area contributed by atoms with Crippen molar-refractivity contribution in [3.63, 3.8) is 0 Å². The molecule has 2 nitrogen and oxygen atoms in total. The fourth-order valence-corrected chi connectivity index (χ4v) is 4.36. The molecule has 3 saturated carbocycles. The molecule has 0 aliphatic heterocycles. The van der Waals surface area contributed by atoms with E-state index in [-0.39, 0.29) is 0 Å². The molecule has 3 aliphatic rings. The monoisotopic (exact) mass is 234 g/mol. The lowest BCUT2D eigenvalue weighted by Crippen LogP contribution is -2.12. The Morgan fingerprint density at radius 3 is 2.69 bits per heavy atom. The standard InChI is InChI=1S/C13H15ClN2/c14-9-6-15-4-3-10(9)16-13-11-7-1-2-8(5-7)12(11)13/h3-4,6-8,11-13H,1-2,5H2,(H,15,16). The maximum atomic E-state index is 6.12. The molecule has 4 atom stereocenters. The second-order valence-corrected chi connectivity index (χ2v) is 5.92. The van der Waals surface area contributed by atoms with E-state index in [0.29, 0.717) is 6.04 Å². The van der Waals surface area contributed by atoms with Crippen molar-refractivity contribution >= 4 is 17.3 Å². The normalized spacial score (nSPS) is 43.2. The summed E-state index contributed by atoms with van der Waals surface area (Å²) >= 11 is 6.12. The van der Waals surface area contributed by atoms with E-state index in [1.54, 1.807) is 12.4 Å². The van der Waals surface area contributed by atoms with Gasteiger partial charge in [-0.15, -0.1) is 0 Å². The first-order valence-electron chi connectivity index (χ1n) is 6.20. The summed E-state index contributed by atoms with van der Waals surface area (Å²) in [6, 6.07) is 2.68. The highest BCUT2D eigenvalue weighted by atomic mass is 35.5. The molecule has 0 amide bonds. The van der Waals surface area contributed by atoms with Crippen molar-refractivity contribution in [1.29, 1.82) is 0 Å². The Labute approximate surface area is 100 Å². The molecule has 3 fully saturated rings. The predicted octanol–water partition coefficient (Wildman–Crippen LogP) is 3.19. The first-order valence-corrected chi connectivity index (χ1v) is 6.58. The average Bonchev–Trinajstić information content (AvgIpc) is 2.71.